The first-order chi connectivity index (χ1) is 5.68. The number of ketones is 1. The number of Topliss-reactive ketones (excluding diaryl/α,β-unsaturated/α-hetero) is 1. The molecule has 0 fully saturated rings. The summed E-state index contributed by atoms with van der Waals surface area (Å²) >= 11 is 1.51. The van der Waals surface area contributed by atoms with Crippen molar-refractivity contribution in [3.63, 3.8) is 0 Å². The summed E-state index contributed by atoms with van der Waals surface area (Å²) < 4.78 is 0. The van der Waals surface area contributed by atoms with Gasteiger partial charge in [-0.3, -0.25) is 9.78 Å². The molecule has 0 spiro atoms. The fourth-order valence-corrected chi connectivity index (χ4v) is 1.58. The van der Waals surface area contributed by atoms with E-state index in [1.165, 1.54) is 11.3 Å². The third-order valence-electron chi connectivity index (χ3n) is 1.40. The van der Waals surface area contributed by atoms with Gasteiger partial charge in [-0.25, -0.2) is 0 Å². The van der Waals surface area contributed by atoms with E-state index in [0.717, 1.165) is 4.88 Å². The lowest BCUT2D eigenvalue weighted by Gasteiger charge is -2.01. The number of rotatable bonds is 4. The average Bonchev–Trinajstić information content (AvgIpc) is 2.37. The molecule has 4 heteroatoms. The first kappa shape index (κ1) is 9.35. The minimum Gasteiger partial charge on any atom is -0.328 e. The van der Waals surface area contributed by atoms with Crippen molar-refractivity contribution in [2.24, 2.45) is 5.73 Å². The molecule has 2 N–H and O–H groups in total. The third kappa shape index (κ3) is 3.11. The second-order valence-electron chi connectivity index (χ2n) is 2.86. The van der Waals surface area contributed by atoms with Gasteiger partial charge in [0.2, 0.25) is 0 Å². The molecule has 1 unspecified atom stereocenters. The molecule has 0 bridgehead atoms. The van der Waals surface area contributed by atoms with E-state index >= 15 is 0 Å². The molecule has 12 heavy (non-hydrogen) atoms. The summed E-state index contributed by atoms with van der Waals surface area (Å²) in [5.41, 5.74) is 7.22. The summed E-state index contributed by atoms with van der Waals surface area (Å²) in [6, 6.07) is -0.0366. The Hall–Kier alpha value is -0.740. The third-order valence-corrected chi connectivity index (χ3v) is 2.18. The molecule has 1 aromatic rings. The molecule has 0 saturated heterocycles. The van der Waals surface area contributed by atoms with Gasteiger partial charge in [-0.2, -0.15) is 0 Å². The normalized spacial score (nSPS) is 12.8. The van der Waals surface area contributed by atoms with Crippen LogP contribution in [0.15, 0.2) is 11.7 Å². The molecule has 0 radical (unpaired) electrons. The Kier molecular flexibility index (Phi) is 3.37. The van der Waals surface area contributed by atoms with E-state index in [1.807, 2.05) is 6.92 Å². The molecule has 0 aliphatic carbocycles. The number of carbonyl (C=O) groups is 1. The lowest BCUT2D eigenvalue weighted by molar-refractivity contribution is -0.118. The quantitative estimate of drug-likeness (QED) is 0.759. The molecule has 0 saturated carbocycles. The Labute approximate surface area is 75.6 Å². The number of thiazole rings is 1. The Bertz CT molecular complexity index is 244. The zero-order valence-corrected chi connectivity index (χ0v) is 7.80. The van der Waals surface area contributed by atoms with Gasteiger partial charge in [0.1, 0.15) is 5.78 Å². The van der Waals surface area contributed by atoms with Crippen LogP contribution in [0, 0.1) is 0 Å². The Morgan fingerprint density at radius 3 is 3.08 bits per heavy atom. The van der Waals surface area contributed by atoms with Crippen LogP contribution in [0.5, 0.6) is 0 Å². The molecule has 1 rings (SSSR count). The number of hydrogen-bond donors (Lipinski definition) is 1. The van der Waals surface area contributed by atoms with Crippen LogP contribution in [-0.2, 0) is 11.2 Å². The minimum atomic E-state index is -0.0366. The highest BCUT2D eigenvalue weighted by Gasteiger charge is 2.06. The first-order valence-corrected chi connectivity index (χ1v) is 4.71. The van der Waals surface area contributed by atoms with Crippen LogP contribution in [0.1, 0.15) is 18.2 Å². The van der Waals surface area contributed by atoms with Crippen molar-refractivity contribution in [2.45, 2.75) is 25.8 Å². The van der Waals surface area contributed by atoms with E-state index in [1.54, 1.807) is 11.7 Å². The van der Waals surface area contributed by atoms with Gasteiger partial charge in [0.05, 0.1) is 5.51 Å². The molecule has 0 aliphatic heterocycles. The summed E-state index contributed by atoms with van der Waals surface area (Å²) in [7, 11) is 0. The van der Waals surface area contributed by atoms with Crippen LogP contribution < -0.4 is 5.73 Å². The summed E-state index contributed by atoms with van der Waals surface area (Å²) in [4.78, 5) is 16.1. The summed E-state index contributed by atoms with van der Waals surface area (Å²) in [5.74, 6) is 0.189. The predicted molar refractivity (Wildman–Crippen MR) is 49.1 cm³/mol. The Morgan fingerprint density at radius 1 is 1.83 bits per heavy atom. The van der Waals surface area contributed by atoms with Crippen LogP contribution in [0.4, 0.5) is 0 Å². The first-order valence-electron chi connectivity index (χ1n) is 3.83. The summed E-state index contributed by atoms with van der Waals surface area (Å²) in [5, 5.41) is 0. The van der Waals surface area contributed by atoms with Gasteiger partial charge in [0.25, 0.3) is 0 Å². The zero-order valence-electron chi connectivity index (χ0n) is 6.99. The minimum absolute atomic E-state index is 0.0366. The second kappa shape index (κ2) is 4.33. The molecule has 1 aromatic heterocycles. The van der Waals surface area contributed by atoms with Crippen LogP contribution in [0.2, 0.25) is 0 Å². The number of nitrogens with zero attached hydrogens (tertiary/aromatic N) is 1. The van der Waals surface area contributed by atoms with Gasteiger partial charge in [-0.05, 0) is 6.92 Å². The maximum Gasteiger partial charge on any atom is 0.139 e. The standard InChI is InChI=1S/C8H12N2OS/c1-6(9)2-7(11)3-8-4-10-5-12-8/h4-6H,2-3,9H2,1H3. The van der Waals surface area contributed by atoms with E-state index < -0.39 is 0 Å². The van der Waals surface area contributed by atoms with E-state index in [9.17, 15) is 4.79 Å². The van der Waals surface area contributed by atoms with Crippen LogP contribution >= 0.6 is 11.3 Å². The smallest absolute Gasteiger partial charge is 0.139 e. The molecule has 1 atom stereocenters. The molecular formula is C8H12N2OS. The van der Waals surface area contributed by atoms with E-state index in [2.05, 4.69) is 4.98 Å². The summed E-state index contributed by atoms with van der Waals surface area (Å²) in [6.45, 7) is 1.84. The lowest BCUT2D eigenvalue weighted by atomic mass is 10.1. The van der Waals surface area contributed by atoms with E-state index in [-0.39, 0.29) is 11.8 Å². The molecule has 66 valence electrons. The number of aromatic nitrogens is 1. The monoisotopic (exact) mass is 184 g/mol. The van der Waals surface area contributed by atoms with Crippen molar-refractivity contribution < 1.29 is 4.79 Å². The van der Waals surface area contributed by atoms with E-state index in [4.69, 9.17) is 5.73 Å². The van der Waals surface area contributed by atoms with Gasteiger partial charge in [-0.1, -0.05) is 0 Å². The topological polar surface area (TPSA) is 56.0 Å². The average molecular weight is 184 g/mol. The van der Waals surface area contributed by atoms with Crippen LogP contribution in [0.3, 0.4) is 0 Å². The largest absolute Gasteiger partial charge is 0.328 e. The highest BCUT2D eigenvalue weighted by molar-refractivity contribution is 7.09. The number of carbonyl (C=O) groups excluding carboxylic acids is 1. The molecule has 1 heterocycles. The van der Waals surface area contributed by atoms with Crippen LogP contribution in [0.25, 0.3) is 0 Å². The van der Waals surface area contributed by atoms with Crippen molar-refractivity contribution >= 4 is 17.1 Å². The van der Waals surface area contributed by atoms with Crippen molar-refractivity contribution in [2.75, 3.05) is 0 Å². The molecule has 0 amide bonds. The van der Waals surface area contributed by atoms with Gasteiger partial charge < -0.3 is 5.73 Å². The van der Waals surface area contributed by atoms with Gasteiger partial charge in [0, 0.05) is 30.0 Å². The van der Waals surface area contributed by atoms with Gasteiger partial charge >= 0.3 is 0 Å². The van der Waals surface area contributed by atoms with E-state index in [0.29, 0.717) is 12.8 Å². The van der Waals surface area contributed by atoms with Crippen LogP contribution in [-0.4, -0.2) is 16.8 Å². The highest BCUT2D eigenvalue weighted by atomic mass is 32.1. The number of hydrogen-bond acceptors (Lipinski definition) is 4. The van der Waals surface area contributed by atoms with Crippen molar-refractivity contribution in [1.82, 2.24) is 4.98 Å². The zero-order chi connectivity index (χ0) is 8.97. The Balaban J connectivity index is 2.37. The fraction of sp³-hybridized carbons (Fsp3) is 0.500. The molecule has 0 aliphatic rings. The highest BCUT2D eigenvalue weighted by Crippen LogP contribution is 2.07. The van der Waals surface area contributed by atoms with Crippen molar-refractivity contribution in [3.05, 3.63) is 16.6 Å². The Morgan fingerprint density at radius 2 is 2.58 bits per heavy atom. The van der Waals surface area contributed by atoms with Gasteiger partial charge in [-0.15, -0.1) is 11.3 Å². The maximum atomic E-state index is 11.2. The molecule has 0 aromatic carbocycles. The fourth-order valence-electron chi connectivity index (χ4n) is 0.955. The van der Waals surface area contributed by atoms with Crippen molar-refractivity contribution in [1.29, 1.82) is 0 Å². The molecular weight excluding hydrogens is 172 g/mol. The van der Waals surface area contributed by atoms with Gasteiger partial charge in [0.15, 0.2) is 0 Å². The van der Waals surface area contributed by atoms with Crippen molar-refractivity contribution in [3.8, 4) is 0 Å². The summed E-state index contributed by atoms with van der Waals surface area (Å²) in [6.07, 6.45) is 2.66. The lowest BCUT2D eigenvalue weighted by Crippen LogP contribution is -2.20. The SMILES string of the molecule is CC(N)CC(=O)Cc1cncs1. The number of nitrogens with two attached hydrogens (primary N) is 1. The maximum absolute atomic E-state index is 11.2. The molecule has 3 nitrogen and oxygen atoms in total. The predicted octanol–water partition coefficient (Wildman–Crippen LogP) is 0.992. The second-order valence-corrected chi connectivity index (χ2v) is 3.84.